The van der Waals surface area contributed by atoms with Gasteiger partial charge >= 0.3 is 12.1 Å². The number of fused-ring (bicyclic) bond motifs is 2. The summed E-state index contributed by atoms with van der Waals surface area (Å²) in [6.07, 6.45) is 5.07. The normalized spacial score (nSPS) is 29.1. The minimum absolute atomic E-state index is 0. The smallest absolute Gasteiger partial charge is 0.405 e. The molecule has 1 heterocycles. The lowest BCUT2D eigenvalue weighted by atomic mass is 9.85. The van der Waals surface area contributed by atoms with Crippen LogP contribution < -0.4 is 22.1 Å². The fourth-order valence-corrected chi connectivity index (χ4v) is 5.32. The van der Waals surface area contributed by atoms with Crippen LogP contribution in [0.25, 0.3) is 0 Å². The number of halogens is 1. The fraction of sp³-hybridized carbons (Fsp3) is 0.485. The van der Waals surface area contributed by atoms with Gasteiger partial charge in [-0.15, -0.1) is 19.0 Å². The number of nitrogens with one attached hydrogen (secondary N) is 2. The van der Waals surface area contributed by atoms with E-state index in [0.717, 1.165) is 6.08 Å². The first-order valence-corrected chi connectivity index (χ1v) is 14.9. The molecule has 1 aliphatic carbocycles. The average molecular weight is 679 g/mol. The van der Waals surface area contributed by atoms with Crippen LogP contribution in [0.5, 0.6) is 0 Å². The van der Waals surface area contributed by atoms with Crippen molar-refractivity contribution in [3.8, 4) is 0 Å². The van der Waals surface area contributed by atoms with E-state index < -0.39 is 59.9 Å². The van der Waals surface area contributed by atoms with Gasteiger partial charge in [0.2, 0.25) is 11.6 Å². The highest BCUT2D eigenvalue weighted by atomic mass is 35.5. The molecular formula is C33H47ClN4O9. The summed E-state index contributed by atoms with van der Waals surface area (Å²) < 4.78 is 22.6. The molecule has 0 aromatic heterocycles. The number of allylic oxidation sites excluding steroid dienone is 4. The monoisotopic (exact) mass is 678 g/mol. The third-order valence-corrected chi connectivity index (χ3v) is 7.62. The van der Waals surface area contributed by atoms with E-state index in [-0.39, 0.29) is 60.4 Å². The predicted octanol–water partition coefficient (Wildman–Crippen LogP) is 2.47. The van der Waals surface area contributed by atoms with Gasteiger partial charge in [-0.05, 0) is 38.2 Å². The molecule has 0 saturated carbocycles. The first kappa shape index (κ1) is 41.0. The summed E-state index contributed by atoms with van der Waals surface area (Å²) >= 11 is 0. The number of hydrogen-bond donors (Lipinski definition) is 4. The minimum atomic E-state index is -1.03. The molecule has 2 aliphatic rings. The van der Waals surface area contributed by atoms with Gasteiger partial charge in [0.1, 0.15) is 12.2 Å². The Morgan fingerprint density at radius 2 is 1.81 bits per heavy atom. The lowest BCUT2D eigenvalue weighted by Crippen LogP contribution is -2.41. The minimum Gasteiger partial charge on any atom is -0.458 e. The number of ketones is 2. The summed E-state index contributed by atoms with van der Waals surface area (Å²) in [7, 11) is 2.89. The first-order valence-electron chi connectivity index (χ1n) is 14.9. The summed E-state index contributed by atoms with van der Waals surface area (Å²) in [5.74, 6) is -3.00. The maximum atomic E-state index is 13.7. The van der Waals surface area contributed by atoms with Gasteiger partial charge in [0.25, 0.3) is 5.91 Å². The second-order valence-corrected chi connectivity index (χ2v) is 11.3. The lowest BCUT2D eigenvalue weighted by Gasteiger charge is -2.32. The third kappa shape index (κ3) is 11.6. The summed E-state index contributed by atoms with van der Waals surface area (Å²) in [5.41, 5.74) is 11.9. The molecule has 0 aromatic carbocycles. The molecule has 260 valence electrons. The fourth-order valence-electron chi connectivity index (χ4n) is 5.32. The molecule has 0 fully saturated rings. The molecule has 47 heavy (non-hydrogen) atoms. The van der Waals surface area contributed by atoms with Crippen molar-refractivity contribution in [3.05, 3.63) is 71.1 Å². The average Bonchev–Trinajstić information content (AvgIpc) is 3.01. The lowest BCUT2D eigenvalue weighted by molar-refractivity contribution is -0.158. The highest BCUT2D eigenvalue weighted by Crippen LogP contribution is 2.30. The number of rotatable bonds is 8. The number of hydrogen-bond acceptors (Lipinski definition) is 11. The number of esters is 1. The molecule has 6 N–H and O–H groups in total. The first-order chi connectivity index (χ1) is 21.8. The molecule has 0 spiro atoms. The zero-order valence-corrected chi connectivity index (χ0v) is 28.5. The molecule has 0 radical (unpaired) electrons. The highest BCUT2D eigenvalue weighted by molar-refractivity contribution is 6.23. The van der Waals surface area contributed by atoms with Gasteiger partial charge in [0.15, 0.2) is 6.10 Å². The van der Waals surface area contributed by atoms with Gasteiger partial charge < -0.3 is 41.0 Å². The van der Waals surface area contributed by atoms with Crippen LogP contribution in [-0.2, 0) is 38.1 Å². The molecular weight excluding hydrogens is 632 g/mol. The molecule has 6 atom stereocenters. The highest BCUT2D eigenvalue weighted by Gasteiger charge is 2.35. The van der Waals surface area contributed by atoms with E-state index in [2.05, 4.69) is 17.2 Å². The molecule has 0 unspecified atom stereocenters. The summed E-state index contributed by atoms with van der Waals surface area (Å²) in [6.45, 7) is 10.5. The number of amides is 2. The van der Waals surface area contributed by atoms with E-state index in [0.29, 0.717) is 12.0 Å². The van der Waals surface area contributed by atoms with Crippen LogP contribution in [0, 0.1) is 11.8 Å². The Kier molecular flexibility index (Phi) is 17.1. The SMILES string of the molecule is C=CCNC1=C2C[C@@H](C)C[C@H](OC)[C@H](OC(=O)CN)[C@@H](C)/C=C(\C)[C@H](OC(N)=O)[C@H](OC)/C=C\C=C(/C)C(=O)NC(=CC1=O)C2=O.Cl. The third-order valence-electron chi connectivity index (χ3n) is 7.62. The van der Waals surface area contributed by atoms with Crippen molar-refractivity contribution in [1.29, 1.82) is 0 Å². The molecule has 0 aromatic rings. The molecule has 2 amide bonds. The quantitative estimate of drug-likeness (QED) is 0.167. The Hall–Kier alpha value is -4.04. The Labute approximate surface area is 281 Å². The molecule has 2 rings (SSSR count). The topological polar surface area (TPSA) is 198 Å². The van der Waals surface area contributed by atoms with E-state index in [9.17, 15) is 24.0 Å². The number of carbonyl (C=O) groups excluding carboxylic acids is 5. The van der Waals surface area contributed by atoms with Gasteiger partial charge in [-0.3, -0.25) is 19.2 Å². The number of carbonyl (C=O) groups is 5. The Morgan fingerprint density at radius 1 is 1.13 bits per heavy atom. The molecule has 14 heteroatoms. The van der Waals surface area contributed by atoms with E-state index in [1.54, 1.807) is 32.1 Å². The Bertz CT molecular complexity index is 1350. The van der Waals surface area contributed by atoms with E-state index >= 15 is 0 Å². The van der Waals surface area contributed by atoms with Crippen molar-refractivity contribution < 1.29 is 42.9 Å². The standard InChI is InChI=1S/C33H46N4O9.ClH/c1-8-12-36-28-22-13-18(2)14-26(44-7)31(45-27(39)17-34)21(5)15-20(4)30(46-33(35)42)25(43-6)11-9-10-19(3)32(41)37-23(29(22)40)16-24(28)38;/h8-11,15-16,18,21,25-26,30-31,36H,1,12-14,17,34H2,2-7H3,(H2,35,42)(H,37,41);1H/b11-9-,19-10+,20-15+;/t18-,21+,25-,26+,30+,31-;/m1./s1. The van der Waals surface area contributed by atoms with Gasteiger partial charge in [0.05, 0.1) is 24.0 Å². The number of Topliss-reactive ketones (excluding diaryl/α,β-unsaturated/α-hetero) is 1. The van der Waals surface area contributed by atoms with Crippen molar-refractivity contribution in [2.24, 2.45) is 23.3 Å². The van der Waals surface area contributed by atoms with Crippen LogP contribution in [0.1, 0.15) is 40.5 Å². The van der Waals surface area contributed by atoms with Crippen LogP contribution in [-0.4, -0.2) is 81.3 Å². The van der Waals surface area contributed by atoms with Crippen LogP contribution >= 0.6 is 12.4 Å². The van der Waals surface area contributed by atoms with Gasteiger partial charge in [-0.2, -0.15) is 0 Å². The van der Waals surface area contributed by atoms with Crippen molar-refractivity contribution in [2.45, 2.75) is 65.0 Å². The zero-order valence-electron chi connectivity index (χ0n) is 27.7. The molecule has 13 nitrogen and oxygen atoms in total. The molecule has 1 aliphatic heterocycles. The number of nitrogens with two attached hydrogens (primary N) is 2. The van der Waals surface area contributed by atoms with Crippen LogP contribution in [0.2, 0.25) is 0 Å². The maximum Gasteiger partial charge on any atom is 0.405 e. The van der Waals surface area contributed by atoms with Crippen LogP contribution in [0.15, 0.2) is 71.1 Å². The van der Waals surface area contributed by atoms with Crippen molar-refractivity contribution >= 4 is 41.9 Å². The Morgan fingerprint density at radius 3 is 2.38 bits per heavy atom. The number of primary amides is 1. The summed E-state index contributed by atoms with van der Waals surface area (Å²) in [4.78, 5) is 64.2. The van der Waals surface area contributed by atoms with Gasteiger partial charge in [-0.25, -0.2) is 4.79 Å². The van der Waals surface area contributed by atoms with Crippen molar-refractivity contribution in [2.75, 3.05) is 27.3 Å². The zero-order chi connectivity index (χ0) is 34.6. The van der Waals surface area contributed by atoms with Crippen LogP contribution in [0.3, 0.4) is 0 Å². The van der Waals surface area contributed by atoms with Crippen LogP contribution in [0.4, 0.5) is 4.79 Å². The second kappa shape index (κ2) is 19.6. The van der Waals surface area contributed by atoms with E-state index in [1.165, 1.54) is 33.3 Å². The molecule has 2 bridgehead atoms. The van der Waals surface area contributed by atoms with E-state index in [1.807, 2.05) is 6.92 Å². The second-order valence-electron chi connectivity index (χ2n) is 11.3. The van der Waals surface area contributed by atoms with E-state index in [4.69, 9.17) is 30.4 Å². The van der Waals surface area contributed by atoms with Crippen molar-refractivity contribution in [3.63, 3.8) is 0 Å². The number of methoxy groups -OCH3 is 2. The largest absolute Gasteiger partial charge is 0.458 e. The summed E-state index contributed by atoms with van der Waals surface area (Å²) in [6, 6.07) is 0. The Balaban J connectivity index is 0.0000110. The number of ether oxygens (including phenoxy) is 4. The maximum absolute atomic E-state index is 13.7. The molecule has 0 saturated heterocycles. The summed E-state index contributed by atoms with van der Waals surface area (Å²) in [5, 5.41) is 5.52. The van der Waals surface area contributed by atoms with Crippen molar-refractivity contribution in [1.82, 2.24) is 10.6 Å². The van der Waals surface area contributed by atoms with Gasteiger partial charge in [-0.1, -0.05) is 44.2 Å². The predicted molar refractivity (Wildman–Crippen MR) is 178 cm³/mol. The van der Waals surface area contributed by atoms with Gasteiger partial charge in [0, 0.05) is 43.9 Å².